The molecule has 0 aliphatic carbocycles. The number of carbonyl (C=O) groups excluding carboxylic acids is 2. The molecule has 3 amide bonds. The topological polar surface area (TPSA) is 89.4 Å². The van der Waals surface area contributed by atoms with Gasteiger partial charge in [-0.25, -0.2) is 15.2 Å². The van der Waals surface area contributed by atoms with Gasteiger partial charge in [0.1, 0.15) is 0 Å². The van der Waals surface area contributed by atoms with Crippen molar-refractivity contribution in [1.82, 2.24) is 20.5 Å². The van der Waals surface area contributed by atoms with Gasteiger partial charge in [0.2, 0.25) is 5.96 Å². The van der Waals surface area contributed by atoms with E-state index in [0.717, 1.165) is 18.4 Å². The minimum absolute atomic E-state index is 0.352. The van der Waals surface area contributed by atoms with E-state index >= 15 is 0 Å². The number of hydrogen-bond donors (Lipinski definition) is 2. The van der Waals surface area contributed by atoms with Crippen LogP contribution >= 0.6 is 11.6 Å². The van der Waals surface area contributed by atoms with Gasteiger partial charge in [-0.05, 0) is 36.1 Å². The molecule has 31 heavy (non-hydrogen) atoms. The summed E-state index contributed by atoms with van der Waals surface area (Å²) < 4.78 is 0. The SMILES string of the molecule is CN1C(=O)NC(=O)C2C1N=C(N/N=C/c1ccc(Cl)cc1)N2CCCc1ccccc1. The largest absolute Gasteiger partial charge is 0.326 e. The van der Waals surface area contributed by atoms with Crippen LogP contribution in [0.2, 0.25) is 5.02 Å². The number of urea groups is 1. The summed E-state index contributed by atoms with van der Waals surface area (Å²) in [6.45, 7) is 0.591. The van der Waals surface area contributed by atoms with Gasteiger partial charge < -0.3 is 9.80 Å². The third-order valence-corrected chi connectivity index (χ3v) is 5.57. The highest BCUT2D eigenvalue weighted by molar-refractivity contribution is 6.30. The minimum atomic E-state index is -0.591. The first-order valence-corrected chi connectivity index (χ1v) is 10.4. The molecule has 0 saturated carbocycles. The second-order valence-electron chi connectivity index (χ2n) is 7.42. The Morgan fingerprint density at radius 1 is 1.16 bits per heavy atom. The molecule has 2 atom stereocenters. The zero-order valence-corrected chi connectivity index (χ0v) is 17.8. The van der Waals surface area contributed by atoms with Gasteiger partial charge >= 0.3 is 6.03 Å². The molecule has 2 aromatic carbocycles. The first kappa shape index (κ1) is 20.9. The fourth-order valence-electron chi connectivity index (χ4n) is 3.68. The number of aryl methyl sites for hydroxylation is 1. The van der Waals surface area contributed by atoms with Gasteiger partial charge in [0.15, 0.2) is 12.2 Å². The summed E-state index contributed by atoms with van der Waals surface area (Å²) in [5.74, 6) is 0.111. The van der Waals surface area contributed by atoms with Gasteiger partial charge in [0, 0.05) is 18.6 Å². The Kier molecular flexibility index (Phi) is 6.18. The van der Waals surface area contributed by atoms with Crippen LogP contribution in [0.25, 0.3) is 0 Å². The second-order valence-corrected chi connectivity index (χ2v) is 7.86. The summed E-state index contributed by atoms with van der Waals surface area (Å²) >= 11 is 5.91. The fraction of sp³-hybridized carbons (Fsp3) is 0.273. The molecule has 2 heterocycles. The smallest absolute Gasteiger partial charge is 0.325 e. The van der Waals surface area contributed by atoms with Gasteiger partial charge in [-0.3, -0.25) is 10.1 Å². The van der Waals surface area contributed by atoms with Crippen LogP contribution < -0.4 is 10.7 Å². The van der Waals surface area contributed by atoms with E-state index in [0.29, 0.717) is 17.5 Å². The predicted octanol–water partition coefficient (Wildman–Crippen LogP) is 2.44. The molecule has 2 aliphatic rings. The number of rotatable bonds is 6. The fourth-order valence-corrected chi connectivity index (χ4v) is 3.80. The van der Waals surface area contributed by atoms with E-state index in [1.807, 2.05) is 35.2 Å². The van der Waals surface area contributed by atoms with E-state index in [-0.39, 0.29) is 5.91 Å². The number of nitrogens with zero attached hydrogens (tertiary/aromatic N) is 4. The lowest BCUT2D eigenvalue weighted by Crippen LogP contribution is -2.64. The van der Waals surface area contributed by atoms with E-state index in [1.54, 1.807) is 25.4 Å². The molecule has 160 valence electrons. The van der Waals surface area contributed by atoms with Gasteiger partial charge in [-0.1, -0.05) is 54.1 Å². The van der Waals surface area contributed by atoms with Crippen molar-refractivity contribution in [2.45, 2.75) is 25.0 Å². The van der Waals surface area contributed by atoms with E-state index in [1.165, 1.54) is 10.5 Å². The average Bonchev–Trinajstić information content (AvgIpc) is 3.13. The van der Waals surface area contributed by atoms with E-state index < -0.39 is 18.2 Å². The van der Waals surface area contributed by atoms with Crippen LogP contribution in [0.5, 0.6) is 0 Å². The van der Waals surface area contributed by atoms with E-state index in [2.05, 4.69) is 33.0 Å². The molecule has 1 fully saturated rings. The maximum atomic E-state index is 12.6. The highest BCUT2D eigenvalue weighted by Gasteiger charge is 2.48. The second kappa shape index (κ2) is 9.18. The van der Waals surface area contributed by atoms with Crippen molar-refractivity contribution in [3.8, 4) is 0 Å². The molecule has 0 bridgehead atoms. The van der Waals surface area contributed by atoms with Gasteiger partial charge in [0.25, 0.3) is 5.91 Å². The van der Waals surface area contributed by atoms with Gasteiger partial charge in [-0.15, -0.1) is 0 Å². The molecular weight excluding hydrogens is 416 g/mol. The summed E-state index contributed by atoms with van der Waals surface area (Å²) in [6.07, 6.45) is 2.75. The molecule has 4 rings (SSSR count). The molecule has 2 unspecified atom stereocenters. The predicted molar refractivity (Wildman–Crippen MR) is 120 cm³/mol. The number of amides is 3. The van der Waals surface area contributed by atoms with Crippen molar-refractivity contribution in [3.05, 3.63) is 70.7 Å². The number of halogens is 1. The maximum Gasteiger partial charge on any atom is 0.325 e. The number of guanidine groups is 1. The summed E-state index contributed by atoms with van der Waals surface area (Å²) in [5.41, 5.74) is 5.05. The van der Waals surface area contributed by atoms with Crippen LogP contribution in [0.4, 0.5) is 4.79 Å². The lowest BCUT2D eigenvalue weighted by molar-refractivity contribution is -0.127. The summed E-state index contributed by atoms with van der Waals surface area (Å²) in [6, 6.07) is 16.4. The number of fused-ring (bicyclic) bond motifs is 1. The van der Waals surface area contributed by atoms with Crippen LogP contribution in [0.3, 0.4) is 0 Å². The number of nitrogens with one attached hydrogen (secondary N) is 2. The zero-order valence-electron chi connectivity index (χ0n) is 17.0. The molecule has 0 radical (unpaired) electrons. The highest BCUT2D eigenvalue weighted by Crippen LogP contribution is 2.23. The maximum absolute atomic E-state index is 12.6. The number of aliphatic imine (C=N–C) groups is 1. The van der Waals surface area contributed by atoms with E-state index in [9.17, 15) is 9.59 Å². The van der Waals surface area contributed by atoms with Crippen LogP contribution in [0.1, 0.15) is 17.5 Å². The highest BCUT2D eigenvalue weighted by atomic mass is 35.5. The quantitative estimate of drug-likeness (QED) is 0.535. The summed E-state index contributed by atoms with van der Waals surface area (Å²) in [4.78, 5) is 32.5. The van der Waals surface area contributed by atoms with Crippen LogP contribution in [0.15, 0.2) is 64.7 Å². The van der Waals surface area contributed by atoms with Crippen molar-refractivity contribution in [3.63, 3.8) is 0 Å². The number of benzene rings is 2. The standard InChI is InChI=1S/C22H23ClN6O2/c1-28-19-18(20(30)26-22(28)31)29(13-5-8-15-6-3-2-4-7-15)21(25-19)27-24-14-16-9-11-17(23)12-10-16/h2-4,6-7,9-12,14,18-19H,5,8,13H2,1H3,(H,25,27)(H,26,30,31)/b24-14+. The van der Waals surface area contributed by atoms with Gasteiger partial charge in [-0.2, -0.15) is 5.10 Å². The molecule has 2 N–H and O–H groups in total. The number of imide groups is 1. The zero-order chi connectivity index (χ0) is 21.8. The molecule has 2 aliphatic heterocycles. The van der Waals surface area contributed by atoms with Crippen LogP contribution in [0, 0.1) is 0 Å². The van der Waals surface area contributed by atoms with Crippen molar-refractivity contribution in [2.75, 3.05) is 13.6 Å². The van der Waals surface area contributed by atoms with Crippen LogP contribution in [-0.2, 0) is 11.2 Å². The lowest BCUT2D eigenvalue weighted by atomic mass is 10.1. The molecule has 8 nitrogen and oxygen atoms in total. The van der Waals surface area contributed by atoms with E-state index in [4.69, 9.17) is 11.6 Å². The number of hydrazone groups is 1. The average molecular weight is 439 g/mol. The van der Waals surface area contributed by atoms with Crippen molar-refractivity contribution in [2.24, 2.45) is 10.1 Å². The van der Waals surface area contributed by atoms with Crippen LogP contribution in [-0.4, -0.2) is 59.7 Å². The third kappa shape index (κ3) is 4.69. The first-order chi connectivity index (χ1) is 15.0. The Morgan fingerprint density at radius 3 is 2.65 bits per heavy atom. The van der Waals surface area contributed by atoms with Crippen molar-refractivity contribution < 1.29 is 9.59 Å². The monoisotopic (exact) mass is 438 g/mol. The Hall–Kier alpha value is -3.39. The number of likely N-dealkylation sites (N-methyl/N-ethyl adjacent to an activating group) is 1. The normalized spacial score (nSPS) is 20.6. The Balaban J connectivity index is 1.48. The van der Waals surface area contributed by atoms with Crippen molar-refractivity contribution >= 4 is 35.7 Å². The molecule has 2 aromatic rings. The lowest BCUT2D eigenvalue weighted by Gasteiger charge is -2.36. The first-order valence-electron chi connectivity index (χ1n) is 10.0. The molecule has 0 spiro atoms. The Morgan fingerprint density at radius 2 is 1.90 bits per heavy atom. The molecule has 9 heteroatoms. The third-order valence-electron chi connectivity index (χ3n) is 5.32. The molecule has 0 aromatic heterocycles. The summed E-state index contributed by atoms with van der Waals surface area (Å²) in [7, 11) is 1.63. The minimum Gasteiger partial charge on any atom is -0.326 e. The Labute approximate surface area is 185 Å². The summed E-state index contributed by atoms with van der Waals surface area (Å²) in [5, 5.41) is 7.32. The number of hydrogen-bond acceptors (Lipinski definition) is 6. The van der Waals surface area contributed by atoms with Crippen molar-refractivity contribution in [1.29, 1.82) is 0 Å². The number of carbonyl (C=O) groups is 2. The molecular formula is C22H23ClN6O2. The molecule has 1 saturated heterocycles. The Bertz CT molecular complexity index is 1010. The van der Waals surface area contributed by atoms with Gasteiger partial charge in [0.05, 0.1) is 6.21 Å².